The summed E-state index contributed by atoms with van der Waals surface area (Å²) in [6.45, 7) is 5.14. The first kappa shape index (κ1) is 20.5. The van der Waals surface area contributed by atoms with Crippen LogP contribution in [0.25, 0.3) is 0 Å². The smallest absolute Gasteiger partial charge is 0.191 e. The Morgan fingerprint density at radius 3 is 2.43 bits per heavy atom. The van der Waals surface area contributed by atoms with Crippen molar-refractivity contribution in [3.8, 4) is 0 Å². The molecule has 0 saturated carbocycles. The van der Waals surface area contributed by atoms with E-state index in [9.17, 15) is 0 Å². The van der Waals surface area contributed by atoms with Gasteiger partial charge in [0.2, 0.25) is 0 Å². The molecule has 0 fully saturated rings. The fraction of sp³-hybridized carbons (Fsp3) is 0.533. The molecule has 0 unspecified atom stereocenters. The van der Waals surface area contributed by atoms with Gasteiger partial charge in [0.05, 0.1) is 6.61 Å². The van der Waals surface area contributed by atoms with Crippen molar-refractivity contribution in [1.29, 1.82) is 0 Å². The second-order valence-corrected chi connectivity index (χ2v) is 5.28. The van der Waals surface area contributed by atoms with E-state index in [0.29, 0.717) is 6.61 Å². The van der Waals surface area contributed by atoms with Gasteiger partial charge in [0, 0.05) is 32.5 Å². The summed E-state index contributed by atoms with van der Waals surface area (Å²) in [6.07, 6.45) is 2.10. The van der Waals surface area contributed by atoms with Crippen LogP contribution >= 0.6 is 35.7 Å². The van der Waals surface area contributed by atoms with Gasteiger partial charge in [-0.2, -0.15) is 11.8 Å². The molecule has 4 nitrogen and oxygen atoms in total. The van der Waals surface area contributed by atoms with Gasteiger partial charge in [-0.3, -0.25) is 4.99 Å². The zero-order chi connectivity index (χ0) is 14.6. The van der Waals surface area contributed by atoms with Crippen molar-refractivity contribution in [2.75, 3.05) is 32.2 Å². The van der Waals surface area contributed by atoms with Crippen LogP contribution in [0.2, 0.25) is 0 Å². The number of benzene rings is 1. The predicted octanol–water partition coefficient (Wildman–Crippen LogP) is 2.87. The molecule has 0 heterocycles. The van der Waals surface area contributed by atoms with Crippen molar-refractivity contribution in [3.63, 3.8) is 0 Å². The third kappa shape index (κ3) is 9.21. The minimum Gasteiger partial charge on any atom is -0.377 e. The number of hydrogen-bond acceptors (Lipinski definition) is 3. The molecule has 120 valence electrons. The number of hydrogen-bond donors (Lipinski definition) is 2. The highest BCUT2D eigenvalue weighted by Gasteiger charge is 1.98. The van der Waals surface area contributed by atoms with E-state index in [-0.39, 0.29) is 24.0 Å². The van der Waals surface area contributed by atoms with Crippen LogP contribution in [-0.4, -0.2) is 38.2 Å². The lowest BCUT2D eigenvalue weighted by Crippen LogP contribution is -2.37. The van der Waals surface area contributed by atoms with Gasteiger partial charge in [0.1, 0.15) is 0 Å². The molecular weight excluding hydrogens is 397 g/mol. The second-order valence-electron chi connectivity index (χ2n) is 4.30. The molecule has 0 atom stereocenters. The van der Waals surface area contributed by atoms with E-state index >= 15 is 0 Å². The number of guanidine groups is 1. The van der Waals surface area contributed by atoms with Crippen molar-refractivity contribution in [2.24, 2.45) is 4.99 Å². The first-order chi connectivity index (χ1) is 9.80. The van der Waals surface area contributed by atoms with Crippen LogP contribution in [0, 0.1) is 0 Å². The topological polar surface area (TPSA) is 45.6 Å². The quantitative estimate of drug-likeness (QED) is 0.292. The van der Waals surface area contributed by atoms with Gasteiger partial charge >= 0.3 is 0 Å². The second kappa shape index (κ2) is 13.2. The Morgan fingerprint density at radius 1 is 1.19 bits per heavy atom. The lowest BCUT2D eigenvalue weighted by Gasteiger charge is -2.11. The molecule has 0 aliphatic rings. The van der Waals surface area contributed by atoms with E-state index in [1.54, 1.807) is 7.05 Å². The SMILES string of the molecule is CCOCc1ccc(CNC(=NC)NCCSC)cc1.I. The van der Waals surface area contributed by atoms with Gasteiger partial charge in [-0.1, -0.05) is 24.3 Å². The molecule has 21 heavy (non-hydrogen) atoms. The zero-order valence-corrected chi connectivity index (χ0v) is 16.2. The normalized spacial score (nSPS) is 10.9. The molecule has 0 radical (unpaired) electrons. The third-order valence-corrected chi connectivity index (χ3v) is 3.39. The number of aliphatic imine (C=N–C) groups is 1. The highest BCUT2D eigenvalue weighted by atomic mass is 127. The highest BCUT2D eigenvalue weighted by molar-refractivity contribution is 14.0. The summed E-state index contributed by atoms with van der Waals surface area (Å²) in [6, 6.07) is 8.46. The van der Waals surface area contributed by atoms with Crippen molar-refractivity contribution < 1.29 is 4.74 Å². The maximum atomic E-state index is 5.38. The first-order valence-corrected chi connectivity index (χ1v) is 8.28. The van der Waals surface area contributed by atoms with Crippen LogP contribution < -0.4 is 10.6 Å². The molecule has 2 N–H and O–H groups in total. The Morgan fingerprint density at radius 2 is 1.86 bits per heavy atom. The van der Waals surface area contributed by atoms with E-state index in [1.165, 1.54) is 11.1 Å². The molecule has 0 amide bonds. The summed E-state index contributed by atoms with van der Waals surface area (Å²) >= 11 is 1.82. The Balaban J connectivity index is 0.00000400. The van der Waals surface area contributed by atoms with E-state index in [4.69, 9.17) is 4.74 Å². The van der Waals surface area contributed by atoms with E-state index in [1.807, 2.05) is 18.7 Å². The number of halogens is 1. The molecular formula is C15H26IN3OS. The van der Waals surface area contributed by atoms with Crippen LogP contribution in [0.5, 0.6) is 0 Å². The lowest BCUT2D eigenvalue weighted by atomic mass is 10.1. The predicted molar refractivity (Wildman–Crippen MR) is 104 cm³/mol. The molecule has 0 aliphatic carbocycles. The fourth-order valence-corrected chi connectivity index (χ4v) is 1.96. The molecule has 6 heteroatoms. The van der Waals surface area contributed by atoms with Crippen LogP contribution in [0.15, 0.2) is 29.3 Å². The van der Waals surface area contributed by atoms with Gasteiger partial charge in [-0.25, -0.2) is 0 Å². The minimum atomic E-state index is 0. The molecule has 0 aliphatic heterocycles. The zero-order valence-electron chi connectivity index (χ0n) is 13.0. The van der Waals surface area contributed by atoms with Crippen molar-refractivity contribution in [2.45, 2.75) is 20.1 Å². The monoisotopic (exact) mass is 423 g/mol. The van der Waals surface area contributed by atoms with Gasteiger partial charge < -0.3 is 15.4 Å². The number of ether oxygens (including phenoxy) is 1. The molecule has 0 aromatic heterocycles. The highest BCUT2D eigenvalue weighted by Crippen LogP contribution is 2.05. The summed E-state index contributed by atoms with van der Waals surface area (Å²) in [7, 11) is 1.79. The maximum Gasteiger partial charge on any atom is 0.191 e. The number of rotatable bonds is 8. The summed E-state index contributed by atoms with van der Waals surface area (Å²) in [5.41, 5.74) is 2.44. The van der Waals surface area contributed by atoms with Crippen LogP contribution in [0.4, 0.5) is 0 Å². The number of nitrogens with zero attached hydrogens (tertiary/aromatic N) is 1. The largest absolute Gasteiger partial charge is 0.377 e. The summed E-state index contributed by atoms with van der Waals surface area (Å²) in [5, 5.41) is 6.58. The van der Waals surface area contributed by atoms with Crippen LogP contribution in [0.3, 0.4) is 0 Å². The van der Waals surface area contributed by atoms with E-state index in [2.05, 4.69) is 46.1 Å². The van der Waals surface area contributed by atoms with Crippen molar-refractivity contribution in [1.82, 2.24) is 10.6 Å². The molecule has 0 saturated heterocycles. The maximum absolute atomic E-state index is 5.38. The summed E-state index contributed by atoms with van der Waals surface area (Å²) in [5.74, 6) is 1.92. The Labute approximate surface area is 149 Å². The molecule has 0 bridgehead atoms. The van der Waals surface area contributed by atoms with Gasteiger partial charge in [0.15, 0.2) is 5.96 Å². The average molecular weight is 423 g/mol. The fourth-order valence-electron chi connectivity index (χ4n) is 1.65. The minimum absolute atomic E-state index is 0. The Hall–Kier alpha value is -0.470. The van der Waals surface area contributed by atoms with E-state index < -0.39 is 0 Å². The van der Waals surface area contributed by atoms with Gasteiger partial charge in [-0.05, 0) is 24.3 Å². The first-order valence-electron chi connectivity index (χ1n) is 6.89. The molecule has 1 aromatic rings. The Kier molecular flexibility index (Phi) is 12.9. The van der Waals surface area contributed by atoms with E-state index in [0.717, 1.165) is 31.4 Å². The molecule has 1 aromatic carbocycles. The van der Waals surface area contributed by atoms with Crippen molar-refractivity contribution >= 4 is 41.7 Å². The Bertz CT molecular complexity index is 398. The molecule has 0 spiro atoms. The third-order valence-electron chi connectivity index (χ3n) is 2.78. The lowest BCUT2D eigenvalue weighted by molar-refractivity contribution is 0.134. The van der Waals surface area contributed by atoms with Gasteiger partial charge in [0.25, 0.3) is 0 Å². The molecule has 1 rings (SSSR count). The van der Waals surface area contributed by atoms with Gasteiger partial charge in [-0.15, -0.1) is 24.0 Å². The standard InChI is InChI=1S/C15H25N3OS.HI/c1-4-19-12-14-7-5-13(6-8-14)11-18-15(16-2)17-9-10-20-3;/h5-8H,4,9-12H2,1-3H3,(H2,16,17,18);1H. The number of thioether (sulfide) groups is 1. The summed E-state index contributed by atoms with van der Waals surface area (Å²) < 4.78 is 5.38. The van der Waals surface area contributed by atoms with Crippen LogP contribution in [0.1, 0.15) is 18.1 Å². The summed E-state index contributed by atoms with van der Waals surface area (Å²) in [4.78, 5) is 4.20. The number of nitrogens with one attached hydrogen (secondary N) is 2. The van der Waals surface area contributed by atoms with Crippen LogP contribution in [-0.2, 0) is 17.9 Å². The van der Waals surface area contributed by atoms with Crippen molar-refractivity contribution in [3.05, 3.63) is 35.4 Å². The average Bonchev–Trinajstić information content (AvgIpc) is 2.49.